The molecule has 1 heterocycles. The number of hydrogen-bond acceptors (Lipinski definition) is 2. The molecule has 3 heteroatoms. The number of imidazole rings is 1. The van der Waals surface area contributed by atoms with Gasteiger partial charge in [-0.1, -0.05) is 51.2 Å². The highest BCUT2D eigenvalue weighted by atomic mass is 14.9. The van der Waals surface area contributed by atoms with E-state index < -0.39 is 0 Å². The van der Waals surface area contributed by atoms with Crippen molar-refractivity contribution in [1.29, 1.82) is 0 Å². The predicted octanol–water partition coefficient (Wildman–Crippen LogP) is 5.24. The zero-order valence-electron chi connectivity index (χ0n) is 13.2. The summed E-state index contributed by atoms with van der Waals surface area (Å²) in [4.78, 5) is 7.18. The molecule has 0 fully saturated rings. The molecule has 0 saturated carbocycles. The Balaban J connectivity index is 1.75. The molecule has 0 radical (unpaired) electrons. The summed E-state index contributed by atoms with van der Waals surface area (Å²) in [6, 6.07) is 9.07. The van der Waals surface area contributed by atoms with Crippen LogP contribution in [0.15, 0.2) is 36.8 Å². The van der Waals surface area contributed by atoms with Gasteiger partial charge in [0.1, 0.15) is 0 Å². The van der Waals surface area contributed by atoms with Crippen molar-refractivity contribution in [2.75, 3.05) is 5.32 Å². The summed E-state index contributed by atoms with van der Waals surface area (Å²) in [5.74, 6) is 0. The van der Waals surface area contributed by atoms with Crippen molar-refractivity contribution < 1.29 is 0 Å². The lowest BCUT2D eigenvalue weighted by atomic mass is 10.1. The van der Waals surface area contributed by atoms with Crippen molar-refractivity contribution in [3.05, 3.63) is 36.8 Å². The Morgan fingerprint density at radius 2 is 1.86 bits per heavy atom. The van der Waals surface area contributed by atoms with E-state index in [1.807, 2.05) is 6.20 Å². The van der Waals surface area contributed by atoms with E-state index in [9.17, 15) is 0 Å². The van der Waals surface area contributed by atoms with Crippen molar-refractivity contribution in [2.24, 2.45) is 0 Å². The van der Waals surface area contributed by atoms with Gasteiger partial charge in [0.25, 0.3) is 0 Å². The van der Waals surface area contributed by atoms with Gasteiger partial charge in [-0.2, -0.15) is 0 Å². The van der Waals surface area contributed by atoms with E-state index in [4.69, 9.17) is 0 Å². The molecule has 0 amide bonds. The lowest BCUT2D eigenvalue weighted by molar-refractivity contribution is 0.578. The van der Waals surface area contributed by atoms with Gasteiger partial charge in [0.2, 0.25) is 0 Å². The summed E-state index contributed by atoms with van der Waals surface area (Å²) in [6.45, 7) is 4.53. The summed E-state index contributed by atoms with van der Waals surface area (Å²) in [5, 5.41) is 3.58. The van der Waals surface area contributed by atoms with Crippen molar-refractivity contribution in [1.82, 2.24) is 9.97 Å². The van der Waals surface area contributed by atoms with Crippen LogP contribution in [-0.2, 0) is 0 Å². The maximum atomic E-state index is 4.05. The van der Waals surface area contributed by atoms with Crippen LogP contribution in [0.2, 0.25) is 0 Å². The molecule has 1 aromatic heterocycles. The van der Waals surface area contributed by atoms with Crippen molar-refractivity contribution in [2.45, 2.75) is 58.4 Å². The van der Waals surface area contributed by atoms with Gasteiger partial charge in [-0.25, -0.2) is 4.98 Å². The SMILES string of the molecule is CCCCCCCC(C)Nc1ccc(-c2cnc[nH]2)cc1. The average Bonchev–Trinajstić information content (AvgIpc) is 3.02. The third-order valence-corrected chi connectivity index (χ3v) is 3.85. The van der Waals surface area contributed by atoms with E-state index in [0.29, 0.717) is 6.04 Å². The highest BCUT2D eigenvalue weighted by molar-refractivity contribution is 5.62. The largest absolute Gasteiger partial charge is 0.383 e. The Morgan fingerprint density at radius 1 is 1.10 bits per heavy atom. The maximum absolute atomic E-state index is 4.05. The van der Waals surface area contributed by atoms with Gasteiger partial charge in [-0.15, -0.1) is 0 Å². The molecular formula is C18H27N3. The Kier molecular flexibility index (Phi) is 6.32. The number of aromatic nitrogens is 2. The standard InChI is InChI=1S/C18H27N3/c1-3-4-5-6-7-8-15(2)21-17-11-9-16(10-12-17)18-13-19-14-20-18/h9-15,21H,3-8H2,1-2H3,(H,19,20). The van der Waals surface area contributed by atoms with Crippen LogP contribution in [0.1, 0.15) is 52.4 Å². The summed E-state index contributed by atoms with van der Waals surface area (Å²) in [5.41, 5.74) is 3.43. The van der Waals surface area contributed by atoms with Gasteiger partial charge in [0, 0.05) is 11.7 Å². The second kappa shape index (κ2) is 8.50. The number of aromatic amines is 1. The van der Waals surface area contributed by atoms with Gasteiger partial charge in [0.15, 0.2) is 0 Å². The van der Waals surface area contributed by atoms with E-state index in [1.165, 1.54) is 49.8 Å². The average molecular weight is 285 g/mol. The zero-order chi connectivity index (χ0) is 14.9. The molecule has 0 spiro atoms. The Labute approximate surface area is 128 Å². The third-order valence-electron chi connectivity index (χ3n) is 3.85. The molecule has 3 nitrogen and oxygen atoms in total. The van der Waals surface area contributed by atoms with Crippen molar-refractivity contribution in [3.8, 4) is 11.3 Å². The molecule has 114 valence electrons. The van der Waals surface area contributed by atoms with Gasteiger partial charge < -0.3 is 10.3 Å². The van der Waals surface area contributed by atoms with Crippen LogP contribution in [0.25, 0.3) is 11.3 Å². The number of nitrogens with zero attached hydrogens (tertiary/aromatic N) is 1. The van der Waals surface area contributed by atoms with Gasteiger partial charge in [-0.05, 0) is 31.0 Å². The van der Waals surface area contributed by atoms with Gasteiger partial charge in [0.05, 0.1) is 18.2 Å². The molecule has 1 aromatic carbocycles. The number of H-pyrrole nitrogens is 1. The molecular weight excluding hydrogens is 258 g/mol. The Morgan fingerprint density at radius 3 is 2.52 bits per heavy atom. The first-order chi connectivity index (χ1) is 10.3. The maximum Gasteiger partial charge on any atom is 0.0924 e. The van der Waals surface area contributed by atoms with Gasteiger partial charge in [-0.3, -0.25) is 0 Å². The summed E-state index contributed by atoms with van der Waals surface area (Å²) >= 11 is 0. The minimum absolute atomic E-state index is 0.532. The molecule has 1 unspecified atom stereocenters. The zero-order valence-corrected chi connectivity index (χ0v) is 13.2. The number of hydrogen-bond donors (Lipinski definition) is 2. The van der Waals surface area contributed by atoms with Crippen molar-refractivity contribution >= 4 is 5.69 Å². The molecule has 0 aliphatic carbocycles. The quantitative estimate of drug-likeness (QED) is 0.619. The molecule has 0 aliphatic rings. The minimum Gasteiger partial charge on any atom is -0.383 e. The lowest BCUT2D eigenvalue weighted by Gasteiger charge is -2.15. The second-order valence-corrected chi connectivity index (χ2v) is 5.79. The topological polar surface area (TPSA) is 40.7 Å². The van der Waals surface area contributed by atoms with E-state index in [-0.39, 0.29) is 0 Å². The first-order valence-electron chi connectivity index (χ1n) is 8.15. The summed E-state index contributed by atoms with van der Waals surface area (Å²) in [7, 11) is 0. The predicted molar refractivity (Wildman–Crippen MR) is 90.5 cm³/mol. The van der Waals surface area contributed by atoms with E-state index in [1.54, 1.807) is 6.33 Å². The molecule has 2 aromatic rings. The third kappa shape index (κ3) is 5.25. The minimum atomic E-state index is 0.532. The summed E-state index contributed by atoms with van der Waals surface area (Å²) < 4.78 is 0. The molecule has 1 atom stereocenters. The lowest BCUT2D eigenvalue weighted by Crippen LogP contribution is -2.14. The van der Waals surface area contributed by atoms with Gasteiger partial charge >= 0.3 is 0 Å². The molecule has 2 N–H and O–H groups in total. The highest BCUT2D eigenvalue weighted by Gasteiger charge is 2.03. The monoisotopic (exact) mass is 285 g/mol. The highest BCUT2D eigenvalue weighted by Crippen LogP contribution is 2.20. The van der Waals surface area contributed by atoms with Crippen LogP contribution in [0.4, 0.5) is 5.69 Å². The number of anilines is 1. The second-order valence-electron chi connectivity index (χ2n) is 5.79. The smallest absolute Gasteiger partial charge is 0.0924 e. The first-order valence-corrected chi connectivity index (χ1v) is 8.15. The first kappa shape index (κ1) is 15.6. The molecule has 21 heavy (non-hydrogen) atoms. The van der Waals surface area contributed by atoms with Crippen LogP contribution in [0.3, 0.4) is 0 Å². The Hall–Kier alpha value is -1.77. The van der Waals surface area contributed by atoms with E-state index in [0.717, 1.165) is 5.69 Å². The fourth-order valence-electron chi connectivity index (χ4n) is 2.57. The number of nitrogens with one attached hydrogen (secondary N) is 2. The van der Waals surface area contributed by atoms with Crippen LogP contribution in [0, 0.1) is 0 Å². The fourth-order valence-corrected chi connectivity index (χ4v) is 2.57. The van der Waals surface area contributed by atoms with Crippen LogP contribution in [0.5, 0.6) is 0 Å². The Bertz CT molecular complexity index is 488. The van der Waals surface area contributed by atoms with E-state index >= 15 is 0 Å². The fraction of sp³-hybridized carbons (Fsp3) is 0.500. The normalized spacial score (nSPS) is 12.3. The number of benzene rings is 1. The van der Waals surface area contributed by atoms with Crippen LogP contribution >= 0.6 is 0 Å². The van der Waals surface area contributed by atoms with Crippen LogP contribution < -0.4 is 5.32 Å². The molecule has 0 saturated heterocycles. The van der Waals surface area contributed by atoms with Crippen molar-refractivity contribution in [3.63, 3.8) is 0 Å². The van der Waals surface area contributed by atoms with E-state index in [2.05, 4.69) is 53.4 Å². The number of rotatable bonds is 9. The number of unbranched alkanes of at least 4 members (excludes halogenated alkanes) is 4. The van der Waals surface area contributed by atoms with Crippen LogP contribution in [-0.4, -0.2) is 16.0 Å². The summed E-state index contributed by atoms with van der Waals surface area (Å²) in [6.07, 6.45) is 11.5. The molecule has 2 rings (SSSR count). The molecule has 0 aliphatic heterocycles. The molecule has 0 bridgehead atoms.